The molecule has 2 fully saturated rings. The minimum atomic E-state index is -1.01. The third-order valence-corrected chi connectivity index (χ3v) is 8.06. The molecule has 0 saturated carbocycles. The predicted octanol–water partition coefficient (Wildman–Crippen LogP) is 2.93. The van der Waals surface area contributed by atoms with E-state index in [-0.39, 0.29) is 35.3 Å². The standard InChI is InChI=1S/C30H35FN4O4/c1-30(2,3)34-15-13-33(14-16-34)18-19-7-8-20(23(31)17-19)9-10-21-5-4-6-22-26(21)29(39)35(28(22)38)24-11-12-25(36)32-27(24)37/h4-8,17,24H,9-16,18H2,1-3H3,(H,32,36,37). The van der Waals surface area contributed by atoms with Crippen molar-refractivity contribution in [3.05, 3.63) is 70.0 Å². The molecule has 0 aliphatic carbocycles. The average molecular weight is 535 g/mol. The Morgan fingerprint density at radius 1 is 0.923 bits per heavy atom. The minimum Gasteiger partial charge on any atom is -0.297 e. The first-order valence-electron chi connectivity index (χ1n) is 13.6. The zero-order valence-corrected chi connectivity index (χ0v) is 22.8. The molecule has 0 bridgehead atoms. The fraction of sp³-hybridized carbons (Fsp3) is 0.467. The number of fused-ring (bicyclic) bond motifs is 1. The molecule has 2 aromatic carbocycles. The molecule has 8 nitrogen and oxygen atoms in total. The number of benzene rings is 2. The van der Waals surface area contributed by atoms with E-state index in [9.17, 15) is 19.2 Å². The highest BCUT2D eigenvalue weighted by Gasteiger charge is 2.45. The second-order valence-electron chi connectivity index (χ2n) is 11.6. The minimum absolute atomic E-state index is 0.0685. The largest absolute Gasteiger partial charge is 0.297 e. The van der Waals surface area contributed by atoms with Gasteiger partial charge in [-0.3, -0.25) is 39.2 Å². The zero-order valence-electron chi connectivity index (χ0n) is 22.8. The third kappa shape index (κ3) is 5.51. The summed E-state index contributed by atoms with van der Waals surface area (Å²) in [7, 11) is 0. The fourth-order valence-corrected chi connectivity index (χ4v) is 5.79. The Hall–Kier alpha value is -3.43. The first kappa shape index (κ1) is 27.1. The number of imide groups is 2. The van der Waals surface area contributed by atoms with Crippen molar-refractivity contribution < 1.29 is 23.6 Å². The lowest BCUT2D eigenvalue weighted by molar-refractivity contribution is -0.136. The lowest BCUT2D eigenvalue weighted by Crippen LogP contribution is -2.54. The summed E-state index contributed by atoms with van der Waals surface area (Å²) in [6, 6.07) is 9.39. The van der Waals surface area contributed by atoms with Crippen molar-refractivity contribution in [1.29, 1.82) is 0 Å². The summed E-state index contributed by atoms with van der Waals surface area (Å²) in [6.45, 7) is 11.3. The lowest BCUT2D eigenvalue weighted by Gasteiger charge is -2.42. The summed E-state index contributed by atoms with van der Waals surface area (Å²) < 4.78 is 15.1. The van der Waals surface area contributed by atoms with Crippen molar-refractivity contribution in [2.75, 3.05) is 26.2 Å². The van der Waals surface area contributed by atoms with Crippen molar-refractivity contribution in [2.45, 2.75) is 64.6 Å². The monoisotopic (exact) mass is 534 g/mol. The molecule has 2 saturated heterocycles. The highest BCUT2D eigenvalue weighted by Crippen LogP contribution is 2.31. The van der Waals surface area contributed by atoms with Gasteiger partial charge in [0.1, 0.15) is 11.9 Å². The topological polar surface area (TPSA) is 90.0 Å². The quantitative estimate of drug-likeness (QED) is 0.574. The van der Waals surface area contributed by atoms with Gasteiger partial charge >= 0.3 is 0 Å². The molecule has 3 heterocycles. The normalized spacial score (nSPS) is 20.9. The molecule has 0 spiro atoms. The third-order valence-electron chi connectivity index (χ3n) is 8.06. The van der Waals surface area contributed by atoms with Crippen molar-refractivity contribution in [3.63, 3.8) is 0 Å². The van der Waals surface area contributed by atoms with Gasteiger partial charge in [0, 0.05) is 44.7 Å². The van der Waals surface area contributed by atoms with Crippen LogP contribution in [-0.2, 0) is 29.0 Å². The van der Waals surface area contributed by atoms with Gasteiger partial charge in [-0.15, -0.1) is 0 Å². The van der Waals surface area contributed by atoms with E-state index in [1.54, 1.807) is 24.3 Å². The molecular weight excluding hydrogens is 499 g/mol. The number of rotatable bonds is 6. The van der Waals surface area contributed by atoms with Crippen LogP contribution in [0.5, 0.6) is 0 Å². The number of halogens is 1. The summed E-state index contributed by atoms with van der Waals surface area (Å²) in [6.07, 6.45) is 0.914. The number of piperazine rings is 1. The van der Waals surface area contributed by atoms with Gasteiger partial charge in [0.25, 0.3) is 11.8 Å². The van der Waals surface area contributed by atoms with E-state index in [0.29, 0.717) is 30.5 Å². The van der Waals surface area contributed by atoms with Crippen LogP contribution in [0.1, 0.15) is 71.0 Å². The van der Waals surface area contributed by atoms with E-state index in [4.69, 9.17) is 0 Å². The van der Waals surface area contributed by atoms with E-state index in [2.05, 4.69) is 35.9 Å². The number of nitrogens with zero attached hydrogens (tertiary/aromatic N) is 3. The molecule has 1 N–H and O–H groups in total. The maximum absolute atomic E-state index is 15.1. The molecule has 3 aliphatic rings. The average Bonchev–Trinajstić information content (AvgIpc) is 3.14. The van der Waals surface area contributed by atoms with Gasteiger partial charge in [0.2, 0.25) is 11.8 Å². The Bertz CT molecular complexity index is 1330. The van der Waals surface area contributed by atoms with Crippen LogP contribution in [-0.4, -0.2) is 76.1 Å². The van der Waals surface area contributed by atoms with Gasteiger partial charge in [-0.25, -0.2) is 4.39 Å². The Kier molecular flexibility index (Phi) is 7.39. The maximum atomic E-state index is 15.1. The van der Waals surface area contributed by atoms with Gasteiger partial charge in [0.15, 0.2) is 0 Å². The number of carbonyl (C=O) groups is 4. The van der Waals surface area contributed by atoms with Crippen molar-refractivity contribution in [3.8, 4) is 0 Å². The van der Waals surface area contributed by atoms with Crippen LogP contribution >= 0.6 is 0 Å². The van der Waals surface area contributed by atoms with Crippen molar-refractivity contribution >= 4 is 23.6 Å². The van der Waals surface area contributed by atoms with Crippen LogP contribution in [0.25, 0.3) is 0 Å². The maximum Gasteiger partial charge on any atom is 0.262 e. The second-order valence-corrected chi connectivity index (χ2v) is 11.6. The second kappa shape index (κ2) is 10.6. The molecule has 39 heavy (non-hydrogen) atoms. The molecule has 0 aromatic heterocycles. The van der Waals surface area contributed by atoms with Crippen LogP contribution in [0.2, 0.25) is 0 Å². The van der Waals surface area contributed by atoms with Gasteiger partial charge in [0.05, 0.1) is 11.1 Å². The summed E-state index contributed by atoms with van der Waals surface area (Å²) in [4.78, 5) is 56.0. The molecule has 4 amide bonds. The first-order valence-corrected chi connectivity index (χ1v) is 13.6. The van der Waals surface area contributed by atoms with Gasteiger partial charge in [-0.1, -0.05) is 24.3 Å². The van der Waals surface area contributed by atoms with E-state index in [1.807, 2.05) is 12.1 Å². The van der Waals surface area contributed by atoms with E-state index < -0.39 is 29.7 Å². The number of carbonyl (C=O) groups excluding carboxylic acids is 4. The Morgan fingerprint density at radius 3 is 2.31 bits per heavy atom. The van der Waals surface area contributed by atoms with Crippen LogP contribution in [0.3, 0.4) is 0 Å². The number of aryl methyl sites for hydroxylation is 2. The zero-order chi connectivity index (χ0) is 27.9. The van der Waals surface area contributed by atoms with Gasteiger partial charge < -0.3 is 0 Å². The Morgan fingerprint density at radius 2 is 1.64 bits per heavy atom. The summed E-state index contributed by atoms with van der Waals surface area (Å²) in [5.41, 5.74) is 2.78. The molecule has 2 aromatic rings. The highest BCUT2D eigenvalue weighted by atomic mass is 19.1. The first-order chi connectivity index (χ1) is 18.5. The molecule has 9 heteroatoms. The summed E-state index contributed by atoms with van der Waals surface area (Å²) >= 11 is 0. The molecule has 3 aliphatic heterocycles. The predicted molar refractivity (Wildman–Crippen MR) is 144 cm³/mol. The van der Waals surface area contributed by atoms with E-state index in [1.165, 1.54) is 0 Å². The smallest absolute Gasteiger partial charge is 0.262 e. The Balaban J connectivity index is 1.24. The molecule has 0 radical (unpaired) electrons. The summed E-state index contributed by atoms with van der Waals surface area (Å²) in [5.74, 6) is -2.40. The highest BCUT2D eigenvalue weighted by molar-refractivity contribution is 6.24. The van der Waals surface area contributed by atoms with Gasteiger partial charge in [-0.2, -0.15) is 0 Å². The van der Waals surface area contributed by atoms with Crippen molar-refractivity contribution in [1.82, 2.24) is 20.0 Å². The molecule has 1 atom stereocenters. The van der Waals surface area contributed by atoms with Crippen LogP contribution < -0.4 is 5.32 Å². The number of hydrogen-bond donors (Lipinski definition) is 1. The van der Waals surface area contributed by atoms with Crippen LogP contribution in [0.15, 0.2) is 36.4 Å². The number of amides is 4. The fourth-order valence-electron chi connectivity index (χ4n) is 5.79. The molecule has 206 valence electrons. The molecule has 5 rings (SSSR count). The van der Waals surface area contributed by atoms with Crippen LogP contribution in [0, 0.1) is 5.82 Å². The lowest BCUT2D eigenvalue weighted by atomic mass is 9.96. The van der Waals surface area contributed by atoms with Gasteiger partial charge in [-0.05, 0) is 68.9 Å². The SMILES string of the molecule is CC(C)(C)N1CCN(Cc2ccc(CCc3cccc4c3C(=O)N(C3CCC(=O)NC3=O)C4=O)c(F)c2)CC1. The van der Waals surface area contributed by atoms with Crippen molar-refractivity contribution in [2.24, 2.45) is 0 Å². The Labute approximate surface area is 228 Å². The summed E-state index contributed by atoms with van der Waals surface area (Å²) in [5, 5.41) is 2.21. The number of nitrogens with one attached hydrogen (secondary N) is 1. The van der Waals surface area contributed by atoms with E-state index >= 15 is 4.39 Å². The van der Waals surface area contributed by atoms with E-state index in [0.717, 1.165) is 36.6 Å². The molecule has 1 unspecified atom stereocenters. The number of hydrogen-bond acceptors (Lipinski definition) is 6. The molecular formula is C30H35FN4O4. The number of piperidine rings is 1. The van der Waals surface area contributed by atoms with Crippen LogP contribution in [0.4, 0.5) is 4.39 Å².